The number of aromatic amines is 1. The van der Waals surface area contributed by atoms with E-state index in [0.29, 0.717) is 0 Å². The van der Waals surface area contributed by atoms with Gasteiger partial charge in [0.25, 0.3) is 0 Å². The number of fused-ring (bicyclic) bond motifs is 1. The van der Waals surface area contributed by atoms with Crippen LogP contribution in [0.3, 0.4) is 0 Å². The maximum absolute atomic E-state index is 13.5. The van der Waals surface area contributed by atoms with Gasteiger partial charge in [-0.25, -0.2) is 22.5 Å². The van der Waals surface area contributed by atoms with Gasteiger partial charge in [-0.1, -0.05) is 0 Å². The molecule has 1 heterocycles. The number of hydrogen-bond acceptors (Lipinski definition) is 2. The van der Waals surface area contributed by atoms with Crippen molar-refractivity contribution in [3.05, 3.63) is 47.5 Å². The van der Waals surface area contributed by atoms with Gasteiger partial charge >= 0.3 is 0 Å². The number of aromatic nitrogens is 2. The van der Waals surface area contributed by atoms with Crippen LogP contribution in [0.2, 0.25) is 0 Å². The Bertz CT molecular complexity index is 826. The number of rotatable bonds is 1. The van der Waals surface area contributed by atoms with Crippen molar-refractivity contribution in [1.82, 2.24) is 9.97 Å². The zero-order valence-corrected chi connectivity index (χ0v) is 9.85. The Labute approximate surface area is 110 Å². The number of nitrogens with zero attached hydrogens (tertiary/aromatic N) is 1. The summed E-state index contributed by atoms with van der Waals surface area (Å²) >= 11 is 0. The lowest BCUT2D eigenvalue weighted by Gasteiger charge is -2.03. The summed E-state index contributed by atoms with van der Waals surface area (Å²) in [5.41, 5.74) is 5.57. The molecule has 20 heavy (non-hydrogen) atoms. The van der Waals surface area contributed by atoms with E-state index in [2.05, 4.69) is 9.97 Å². The number of nitrogen functional groups attached to an aromatic ring is 1. The van der Waals surface area contributed by atoms with Gasteiger partial charge in [-0.05, 0) is 18.2 Å². The molecule has 7 heteroatoms. The van der Waals surface area contributed by atoms with Gasteiger partial charge in [-0.15, -0.1) is 0 Å². The van der Waals surface area contributed by atoms with Crippen molar-refractivity contribution in [1.29, 1.82) is 0 Å². The summed E-state index contributed by atoms with van der Waals surface area (Å²) in [6.45, 7) is 0. The van der Waals surface area contributed by atoms with E-state index in [-0.39, 0.29) is 28.1 Å². The number of halogens is 4. The number of nitrogens with two attached hydrogens (primary N) is 1. The van der Waals surface area contributed by atoms with E-state index < -0.39 is 23.3 Å². The number of H-pyrrole nitrogens is 1. The van der Waals surface area contributed by atoms with Crippen LogP contribution < -0.4 is 5.73 Å². The van der Waals surface area contributed by atoms with E-state index in [1.54, 1.807) is 0 Å². The normalized spacial score (nSPS) is 11.2. The zero-order chi connectivity index (χ0) is 14.4. The summed E-state index contributed by atoms with van der Waals surface area (Å²) in [5, 5.41) is 0. The molecule has 0 aliphatic heterocycles. The summed E-state index contributed by atoms with van der Waals surface area (Å²) < 4.78 is 52.9. The van der Waals surface area contributed by atoms with Gasteiger partial charge < -0.3 is 10.7 Å². The third-order valence-electron chi connectivity index (χ3n) is 2.89. The van der Waals surface area contributed by atoms with Crippen molar-refractivity contribution in [3.63, 3.8) is 0 Å². The van der Waals surface area contributed by atoms with Gasteiger partial charge in [0.15, 0.2) is 23.3 Å². The van der Waals surface area contributed by atoms with Crippen LogP contribution in [0, 0.1) is 23.3 Å². The molecule has 0 spiro atoms. The molecule has 0 bridgehead atoms. The molecular formula is C13H7F4N3. The summed E-state index contributed by atoms with van der Waals surface area (Å²) in [4.78, 5) is 6.52. The Hall–Kier alpha value is -2.57. The molecule has 0 fully saturated rings. The number of anilines is 1. The summed E-state index contributed by atoms with van der Waals surface area (Å²) in [7, 11) is 0. The number of benzene rings is 2. The van der Waals surface area contributed by atoms with Gasteiger partial charge in [-0.3, -0.25) is 0 Å². The van der Waals surface area contributed by atoms with Gasteiger partial charge in [0.2, 0.25) is 0 Å². The highest BCUT2D eigenvalue weighted by Crippen LogP contribution is 2.29. The molecule has 0 aliphatic rings. The van der Waals surface area contributed by atoms with Crippen LogP contribution in [0.4, 0.5) is 23.2 Å². The smallest absolute Gasteiger partial charge is 0.186 e. The minimum Gasteiger partial charge on any atom is -0.398 e. The monoisotopic (exact) mass is 281 g/mol. The second-order valence-corrected chi connectivity index (χ2v) is 4.20. The quantitative estimate of drug-likeness (QED) is 0.530. The van der Waals surface area contributed by atoms with Crippen molar-refractivity contribution in [2.45, 2.75) is 0 Å². The highest BCUT2D eigenvalue weighted by Gasteiger charge is 2.16. The molecule has 0 saturated heterocycles. The summed E-state index contributed by atoms with van der Waals surface area (Å²) in [6.07, 6.45) is 0. The fourth-order valence-corrected chi connectivity index (χ4v) is 1.91. The van der Waals surface area contributed by atoms with Crippen LogP contribution in [0.5, 0.6) is 0 Å². The number of imidazole rings is 1. The van der Waals surface area contributed by atoms with Crippen molar-refractivity contribution in [2.75, 3.05) is 5.73 Å². The number of nitrogens with one attached hydrogen (secondary N) is 1. The van der Waals surface area contributed by atoms with E-state index in [9.17, 15) is 17.6 Å². The Morgan fingerprint density at radius 2 is 1.65 bits per heavy atom. The van der Waals surface area contributed by atoms with E-state index in [4.69, 9.17) is 5.73 Å². The van der Waals surface area contributed by atoms with Crippen LogP contribution in [-0.4, -0.2) is 9.97 Å². The molecular weight excluding hydrogens is 274 g/mol. The Kier molecular flexibility index (Phi) is 2.63. The summed E-state index contributed by atoms with van der Waals surface area (Å²) in [6, 6.07) is 3.87. The molecule has 0 aliphatic carbocycles. The van der Waals surface area contributed by atoms with Crippen LogP contribution in [0.1, 0.15) is 0 Å². The zero-order valence-electron chi connectivity index (χ0n) is 9.85. The lowest BCUT2D eigenvalue weighted by Crippen LogP contribution is -1.95. The molecule has 0 atom stereocenters. The average molecular weight is 281 g/mol. The van der Waals surface area contributed by atoms with Crippen LogP contribution in [0.25, 0.3) is 22.4 Å². The first-order valence-electron chi connectivity index (χ1n) is 5.56. The standard InChI is InChI=1S/C13H7F4N3/c14-6-1-2-10-12(11(6)17)20-13(19-10)5-3-7(15)8(16)4-9(5)18/h1-4H,18H2,(H,19,20). The highest BCUT2D eigenvalue weighted by atomic mass is 19.2. The van der Waals surface area contributed by atoms with Gasteiger partial charge in [0.05, 0.1) is 5.52 Å². The first kappa shape index (κ1) is 12.5. The Morgan fingerprint density at radius 1 is 0.950 bits per heavy atom. The molecule has 0 radical (unpaired) electrons. The SMILES string of the molecule is Nc1cc(F)c(F)cc1-c1nc2c(F)c(F)ccc2[nH]1. The average Bonchev–Trinajstić information content (AvgIpc) is 2.83. The van der Waals surface area contributed by atoms with E-state index >= 15 is 0 Å². The molecule has 3 rings (SSSR count). The minimum absolute atomic E-state index is 0.0286. The second-order valence-electron chi connectivity index (χ2n) is 4.20. The fraction of sp³-hybridized carbons (Fsp3) is 0. The molecule has 102 valence electrons. The molecule has 3 aromatic rings. The number of hydrogen-bond donors (Lipinski definition) is 2. The molecule has 1 aromatic heterocycles. The van der Waals surface area contributed by atoms with Crippen LogP contribution in [0.15, 0.2) is 24.3 Å². The Balaban J connectivity index is 2.25. The van der Waals surface area contributed by atoms with E-state index in [0.717, 1.165) is 18.2 Å². The molecule has 0 amide bonds. The van der Waals surface area contributed by atoms with Crippen LogP contribution in [-0.2, 0) is 0 Å². The molecule has 3 N–H and O–H groups in total. The van der Waals surface area contributed by atoms with Crippen LogP contribution >= 0.6 is 0 Å². The maximum atomic E-state index is 13.5. The topological polar surface area (TPSA) is 54.7 Å². The largest absolute Gasteiger partial charge is 0.398 e. The van der Waals surface area contributed by atoms with Gasteiger partial charge in [0, 0.05) is 17.3 Å². The first-order chi connectivity index (χ1) is 9.47. The fourth-order valence-electron chi connectivity index (χ4n) is 1.91. The first-order valence-corrected chi connectivity index (χ1v) is 5.56. The highest BCUT2D eigenvalue weighted by molar-refractivity contribution is 5.82. The van der Waals surface area contributed by atoms with Gasteiger partial charge in [-0.2, -0.15) is 0 Å². The molecule has 0 saturated carbocycles. The predicted molar refractivity (Wildman–Crippen MR) is 65.8 cm³/mol. The predicted octanol–water partition coefficient (Wildman–Crippen LogP) is 3.37. The summed E-state index contributed by atoms with van der Waals surface area (Å²) in [5.74, 6) is -4.35. The Morgan fingerprint density at radius 3 is 2.40 bits per heavy atom. The van der Waals surface area contributed by atoms with Gasteiger partial charge in [0.1, 0.15) is 11.3 Å². The third-order valence-corrected chi connectivity index (χ3v) is 2.89. The van der Waals surface area contributed by atoms with Crippen molar-refractivity contribution in [2.24, 2.45) is 0 Å². The molecule has 2 aromatic carbocycles. The second kappa shape index (κ2) is 4.22. The van der Waals surface area contributed by atoms with Crippen molar-refractivity contribution in [3.8, 4) is 11.4 Å². The lowest BCUT2D eigenvalue weighted by atomic mass is 10.1. The molecule has 0 unspecified atom stereocenters. The molecule has 3 nitrogen and oxygen atoms in total. The third kappa shape index (κ3) is 1.78. The minimum atomic E-state index is -1.12. The van der Waals surface area contributed by atoms with E-state index in [1.807, 2.05) is 0 Å². The van der Waals surface area contributed by atoms with Crippen molar-refractivity contribution < 1.29 is 17.6 Å². The maximum Gasteiger partial charge on any atom is 0.186 e. The lowest BCUT2D eigenvalue weighted by molar-refractivity contribution is 0.509. The van der Waals surface area contributed by atoms with Crippen molar-refractivity contribution >= 4 is 16.7 Å². The van der Waals surface area contributed by atoms with E-state index in [1.165, 1.54) is 6.07 Å².